The summed E-state index contributed by atoms with van der Waals surface area (Å²) in [6.45, 7) is 12.4. The first kappa shape index (κ1) is 12.7. The molecule has 76 valence electrons. The van der Waals surface area contributed by atoms with E-state index < -0.39 is 8.07 Å². The molecule has 0 aliphatic rings. The highest BCUT2D eigenvalue weighted by atomic mass is 28.3. The van der Waals surface area contributed by atoms with Crippen LogP contribution in [0.2, 0.25) is 24.2 Å². The number of rotatable bonds is 8. The summed E-state index contributed by atoms with van der Waals surface area (Å²) in [5.74, 6) is 0. The van der Waals surface area contributed by atoms with Gasteiger partial charge in [0.25, 0.3) is 0 Å². The van der Waals surface area contributed by atoms with Crippen LogP contribution < -0.4 is 0 Å². The zero-order chi connectivity index (χ0) is 10.2. The summed E-state index contributed by atoms with van der Waals surface area (Å²) in [4.78, 5) is 0. The smallest absolute Gasteiger partial charge is 0.0607 e. The van der Waals surface area contributed by atoms with Gasteiger partial charge in [-0.1, -0.05) is 50.9 Å². The molecule has 0 atom stereocenters. The topological polar surface area (TPSA) is 0 Å². The fourth-order valence-electron chi connectivity index (χ4n) is 1.92. The molecule has 0 amide bonds. The van der Waals surface area contributed by atoms with Gasteiger partial charge in [-0.15, -0.1) is 13.2 Å². The van der Waals surface area contributed by atoms with Crippen molar-refractivity contribution in [1.29, 1.82) is 0 Å². The van der Waals surface area contributed by atoms with E-state index in [4.69, 9.17) is 0 Å². The van der Waals surface area contributed by atoms with Gasteiger partial charge in [-0.2, -0.15) is 0 Å². The molecule has 13 heavy (non-hydrogen) atoms. The van der Waals surface area contributed by atoms with Crippen molar-refractivity contribution in [2.75, 3.05) is 0 Å². The van der Waals surface area contributed by atoms with Gasteiger partial charge >= 0.3 is 0 Å². The Morgan fingerprint density at radius 3 is 1.92 bits per heavy atom. The van der Waals surface area contributed by atoms with Crippen molar-refractivity contribution in [3.05, 3.63) is 25.3 Å². The predicted octanol–water partition coefficient (Wildman–Crippen LogP) is 4.63. The van der Waals surface area contributed by atoms with Gasteiger partial charge in [0.1, 0.15) is 0 Å². The minimum atomic E-state index is -1.03. The van der Waals surface area contributed by atoms with E-state index in [0.29, 0.717) is 0 Å². The average Bonchev–Trinajstić information content (AvgIpc) is 2.15. The third kappa shape index (κ3) is 4.46. The standard InChI is InChI=1S/C12H24Si/c1-5-9-12-13(8-4,10-6-2)11-7-3/h6-7H,2-3,5,8-12H2,1,4H3. The van der Waals surface area contributed by atoms with E-state index in [1.165, 1.54) is 37.0 Å². The van der Waals surface area contributed by atoms with Crippen LogP contribution in [0.15, 0.2) is 25.3 Å². The fourth-order valence-corrected chi connectivity index (χ4v) is 5.75. The Balaban J connectivity index is 4.23. The molecular formula is C12H24Si. The second kappa shape index (κ2) is 7.13. The molecule has 0 N–H and O–H groups in total. The van der Waals surface area contributed by atoms with Crippen molar-refractivity contribution in [2.45, 2.75) is 50.9 Å². The maximum absolute atomic E-state index is 3.88. The summed E-state index contributed by atoms with van der Waals surface area (Å²) in [6.07, 6.45) is 6.95. The Labute approximate surface area is 84.8 Å². The summed E-state index contributed by atoms with van der Waals surface area (Å²) < 4.78 is 0. The molecule has 1 heteroatoms. The lowest BCUT2D eigenvalue weighted by Crippen LogP contribution is -2.31. The average molecular weight is 196 g/mol. The Morgan fingerprint density at radius 1 is 1.08 bits per heavy atom. The van der Waals surface area contributed by atoms with Gasteiger partial charge in [0, 0.05) is 0 Å². The van der Waals surface area contributed by atoms with Gasteiger partial charge in [0.15, 0.2) is 0 Å². The summed E-state index contributed by atoms with van der Waals surface area (Å²) in [6, 6.07) is 5.38. The molecular weight excluding hydrogens is 172 g/mol. The van der Waals surface area contributed by atoms with Crippen molar-refractivity contribution in [2.24, 2.45) is 0 Å². The molecule has 0 heterocycles. The van der Waals surface area contributed by atoms with Crippen molar-refractivity contribution in [3.63, 3.8) is 0 Å². The number of hydrogen-bond acceptors (Lipinski definition) is 0. The first-order valence-electron chi connectivity index (χ1n) is 5.46. The largest absolute Gasteiger partial charge is 0.103 e. The molecule has 0 saturated carbocycles. The summed E-state index contributed by atoms with van der Waals surface area (Å²) in [5, 5.41) is 0. The van der Waals surface area contributed by atoms with Crippen LogP contribution in [0, 0.1) is 0 Å². The van der Waals surface area contributed by atoms with Gasteiger partial charge in [-0.25, -0.2) is 0 Å². The molecule has 0 aromatic carbocycles. The molecule has 0 bridgehead atoms. The third-order valence-electron chi connectivity index (χ3n) is 2.97. The summed E-state index contributed by atoms with van der Waals surface area (Å²) >= 11 is 0. The van der Waals surface area contributed by atoms with Crippen molar-refractivity contribution >= 4 is 8.07 Å². The van der Waals surface area contributed by atoms with Crippen molar-refractivity contribution in [3.8, 4) is 0 Å². The Bertz CT molecular complexity index is 139. The molecule has 0 fully saturated rings. The first-order chi connectivity index (χ1) is 6.24. The molecule has 0 aromatic rings. The van der Waals surface area contributed by atoms with E-state index in [1.54, 1.807) is 0 Å². The maximum Gasteiger partial charge on any atom is 0.0607 e. The Morgan fingerprint density at radius 2 is 1.62 bits per heavy atom. The highest BCUT2D eigenvalue weighted by Crippen LogP contribution is 2.28. The summed E-state index contributed by atoms with van der Waals surface area (Å²) in [5.41, 5.74) is 0. The molecule has 0 unspecified atom stereocenters. The van der Waals surface area contributed by atoms with Gasteiger partial charge < -0.3 is 0 Å². The van der Waals surface area contributed by atoms with Gasteiger partial charge in [0.2, 0.25) is 0 Å². The highest BCUT2D eigenvalue weighted by Gasteiger charge is 2.26. The first-order valence-corrected chi connectivity index (χ1v) is 8.29. The van der Waals surface area contributed by atoms with Crippen LogP contribution in [-0.2, 0) is 0 Å². The quantitative estimate of drug-likeness (QED) is 0.392. The lowest BCUT2D eigenvalue weighted by Gasteiger charge is -2.28. The molecule has 0 radical (unpaired) electrons. The number of unbranched alkanes of at least 4 members (excludes halogenated alkanes) is 1. The molecule has 0 aliphatic carbocycles. The van der Waals surface area contributed by atoms with Gasteiger partial charge in [-0.05, 0) is 12.1 Å². The van der Waals surface area contributed by atoms with Crippen LogP contribution in [0.4, 0.5) is 0 Å². The van der Waals surface area contributed by atoms with E-state index in [9.17, 15) is 0 Å². The van der Waals surface area contributed by atoms with E-state index in [-0.39, 0.29) is 0 Å². The second-order valence-corrected chi connectivity index (χ2v) is 8.97. The van der Waals surface area contributed by atoms with Gasteiger partial charge in [-0.3, -0.25) is 0 Å². The molecule has 0 aliphatic heterocycles. The number of hydrogen-bond donors (Lipinski definition) is 0. The zero-order valence-corrected chi connectivity index (χ0v) is 10.3. The van der Waals surface area contributed by atoms with Crippen LogP contribution >= 0.6 is 0 Å². The zero-order valence-electron chi connectivity index (χ0n) is 9.31. The van der Waals surface area contributed by atoms with Crippen molar-refractivity contribution < 1.29 is 0 Å². The molecule has 0 nitrogen and oxygen atoms in total. The minimum Gasteiger partial charge on any atom is -0.103 e. The molecule has 0 aromatic heterocycles. The maximum atomic E-state index is 3.88. The normalized spacial score (nSPS) is 11.2. The second-order valence-electron chi connectivity index (χ2n) is 3.94. The van der Waals surface area contributed by atoms with Crippen LogP contribution in [0.5, 0.6) is 0 Å². The molecule has 0 spiro atoms. The minimum absolute atomic E-state index is 1.03. The van der Waals surface area contributed by atoms with Crippen molar-refractivity contribution in [1.82, 2.24) is 0 Å². The van der Waals surface area contributed by atoms with Crippen LogP contribution in [0.1, 0.15) is 26.7 Å². The molecule has 0 saturated heterocycles. The highest BCUT2D eigenvalue weighted by molar-refractivity contribution is 6.80. The number of allylic oxidation sites excluding steroid dienone is 2. The van der Waals surface area contributed by atoms with E-state index in [1.807, 2.05) is 0 Å². The van der Waals surface area contributed by atoms with Gasteiger partial charge in [0.05, 0.1) is 8.07 Å². The van der Waals surface area contributed by atoms with Crippen LogP contribution in [0.3, 0.4) is 0 Å². The Hall–Kier alpha value is -0.303. The molecule has 0 rings (SSSR count). The van der Waals surface area contributed by atoms with Crippen LogP contribution in [0.25, 0.3) is 0 Å². The van der Waals surface area contributed by atoms with E-state index >= 15 is 0 Å². The lowest BCUT2D eigenvalue weighted by molar-refractivity contribution is 0.858. The third-order valence-corrected chi connectivity index (χ3v) is 8.19. The SMILES string of the molecule is C=CC[Si](CC)(CC=C)CCCC. The lowest BCUT2D eigenvalue weighted by atomic mass is 10.4. The Kier molecular flexibility index (Phi) is 6.97. The predicted molar refractivity (Wildman–Crippen MR) is 66.0 cm³/mol. The van der Waals surface area contributed by atoms with E-state index in [0.717, 1.165) is 0 Å². The monoisotopic (exact) mass is 196 g/mol. The van der Waals surface area contributed by atoms with Crippen LogP contribution in [-0.4, -0.2) is 8.07 Å². The summed E-state index contributed by atoms with van der Waals surface area (Å²) in [7, 11) is -1.03. The van der Waals surface area contributed by atoms with E-state index in [2.05, 4.69) is 39.2 Å². The fraction of sp³-hybridized carbons (Fsp3) is 0.667.